The molecule has 1 aliphatic rings. The number of nitrogens with one attached hydrogen (secondary N) is 2. The van der Waals surface area contributed by atoms with Crippen LogP contribution in [0.3, 0.4) is 0 Å². The van der Waals surface area contributed by atoms with E-state index in [-0.39, 0.29) is 12.3 Å². The Labute approximate surface area is 319 Å². The van der Waals surface area contributed by atoms with Crippen LogP contribution < -0.4 is 10.6 Å². The average Bonchev–Trinajstić information content (AvgIpc) is 3.94. The summed E-state index contributed by atoms with van der Waals surface area (Å²) in [6, 6.07) is 57.8. The highest BCUT2D eigenvalue weighted by Gasteiger charge is 2.30. The molecule has 0 saturated carbocycles. The van der Waals surface area contributed by atoms with Crippen molar-refractivity contribution >= 4 is 92.0 Å². The zero-order valence-electron chi connectivity index (χ0n) is 29.4. The first-order valence-corrected chi connectivity index (χ1v) is 19.4. The smallest absolute Gasteiger partial charge is 0.144 e. The maximum Gasteiger partial charge on any atom is 0.144 e. The van der Waals surface area contributed by atoms with E-state index in [0.717, 1.165) is 77.4 Å². The predicted octanol–water partition coefficient (Wildman–Crippen LogP) is 13.0. The highest BCUT2D eigenvalue weighted by atomic mass is 32.1. The SMILES string of the molecule is c1ccc(C2N=C(c3ccc4c(c3)oc3ccccc34)NC(c3cc4c5cc(-c6cccc7ccccc67)ccc5oc4c4c3sc3ccccc34)N2)cc1. The van der Waals surface area contributed by atoms with Gasteiger partial charge in [0.25, 0.3) is 0 Å². The van der Waals surface area contributed by atoms with Crippen LogP contribution in [0, 0.1) is 0 Å². The van der Waals surface area contributed by atoms with Crippen LogP contribution in [0.4, 0.5) is 0 Å². The summed E-state index contributed by atoms with van der Waals surface area (Å²) in [7, 11) is 0. The average molecular weight is 726 g/mol. The summed E-state index contributed by atoms with van der Waals surface area (Å²) in [5, 5.41) is 17.0. The Balaban J connectivity index is 1.07. The first-order valence-electron chi connectivity index (χ1n) is 18.6. The van der Waals surface area contributed by atoms with Crippen molar-refractivity contribution in [2.75, 3.05) is 0 Å². The third-order valence-corrected chi connectivity index (χ3v) is 12.4. The van der Waals surface area contributed by atoms with Crippen molar-refractivity contribution in [3.05, 3.63) is 180 Å². The first kappa shape index (κ1) is 30.7. The van der Waals surface area contributed by atoms with Gasteiger partial charge in [0.2, 0.25) is 0 Å². The third kappa shape index (κ3) is 4.79. The molecule has 1 aliphatic heterocycles. The Hall–Kier alpha value is -6.73. The van der Waals surface area contributed by atoms with Crippen LogP contribution in [-0.4, -0.2) is 5.84 Å². The first-order chi connectivity index (χ1) is 27.2. The molecule has 0 fully saturated rings. The molecule has 260 valence electrons. The number of hydrogen-bond acceptors (Lipinski definition) is 6. The molecule has 0 bridgehead atoms. The molecular formula is C49H31N3O2S. The number of fused-ring (bicyclic) bond motifs is 11. The summed E-state index contributed by atoms with van der Waals surface area (Å²) >= 11 is 1.81. The molecule has 4 heterocycles. The van der Waals surface area contributed by atoms with Gasteiger partial charge in [0.1, 0.15) is 40.5 Å². The fraction of sp³-hybridized carbons (Fsp3) is 0.0408. The van der Waals surface area contributed by atoms with Crippen LogP contribution in [0.25, 0.3) is 85.9 Å². The predicted molar refractivity (Wildman–Crippen MR) is 228 cm³/mol. The lowest BCUT2D eigenvalue weighted by Gasteiger charge is -2.32. The summed E-state index contributed by atoms with van der Waals surface area (Å²) < 4.78 is 15.6. The summed E-state index contributed by atoms with van der Waals surface area (Å²) in [6.07, 6.45) is -0.553. The molecule has 3 aromatic heterocycles. The topological polar surface area (TPSA) is 62.7 Å². The van der Waals surface area contributed by atoms with E-state index in [1.165, 1.54) is 31.1 Å². The van der Waals surface area contributed by atoms with Gasteiger partial charge in [-0.1, -0.05) is 121 Å². The molecule has 5 nitrogen and oxygen atoms in total. The largest absolute Gasteiger partial charge is 0.456 e. The maximum absolute atomic E-state index is 6.83. The van der Waals surface area contributed by atoms with E-state index in [0.29, 0.717) is 0 Å². The molecular weight excluding hydrogens is 695 g/mol. The Morgan fingerprint density at radius 1 is 0.527 bits per heavy atom. The van der Waals surface area contributed by atoms with Gasteiger partial charge in [0, 0.05) is 52.8 Å². The highest BCUT2D eigenvalue weighted by Crippen LogP contribution is 2.46. The molecule has 0 spiro atoms. The Kier molecular flexibility index (Phi) is 6.64. The molecule has 0 aliphatic carbocycles. The van der Waals surface area contributed by atoms with Crippen LogP contribution in [-0.2, 0) is 0 Å². The number of nitrogens with zero attached hydrogens (tertiary/aromatic N) is 1. The Bertz CT molecular complexity index is 3350. The van der Waals surface area contributed by atoms with Crippen molar-refractivity contribution < 1.29 is 8.83 Å². The number of benzene rings is 8. The Morgan fingerprint density at radius 2 is 1.27 bits per heavy atom. The molecule has 2 unspecified atom stereocenters. The van der Waals surface area contributed by atoms with Crippen molar-refractivity contribution in [3.8, 4) is 11.1 Å². The van der Waals surface area contributed by atoms with Gasteiger partial charge in [-0.2, -0.15) is 0 Å². The van der Waals surface area contributed by atoms with Gasteiger partial charge in [0.05, 0.1) is 0 Å². The van der Waals surface area contributed by atoms with Gasteiger partial charge in [-0.3, -0.25) is 5.32 Å². The molecule has 0 amide bonds. The summed E-state index contributed by atoms with van der Waals surface area (Å²) in [6.45, 7) is 0. The van der Waals surface area contributed by atoms with Gasteiger partial charge < -0.3 is 14.2 Å². The second kappa shape index (κ2) is 11.9. The van der Waals surface area contributed by atoms with Crippen molar-refractivity contribution in [2.45, 2.75) is 12.3 Å². The standard InChI is InChI=1S/C49H31N3O2S/c1-2-12-29(13-3-1)47-50-48(31-21-23-35-34-16-6-8-19-40(34)53-42(35)26-31)52-49(51-47)39-27-38-37-25-30(33-18-10-14-28-11-4-5-15-32(28)33)22-24-41(37)54-45(38)44-36-17-7-9-20-43(36)55-46(39)44/h1-27,47,49,51H,(H,50,52). The van der Waals surface area contributed by atoms with Crippen molar-refractivity contribution in [1.82, 2.24) is 10.6 Å². The lowest BCUT2D eigenvalue weighted by atomic mass is 9.96. The number of thiophene rings is 1. The molecule has 0 radical (unpaired) electrons. The van der Waals surface area contributed by atoms with Gasteiger partial charge in [-0.05, 0) is 69.9 Å². The molecule has 8 aromatic carbocycles. The van der Waals surface area contributed by atoms with E-state index in [1.807, 2.05) is 29.5 Å². The van der Waals surface area contributed by atoms with E-state index in [2.05, 4.69) is 156 Å². The van der Waals surface area contributed by atoms with E-state index in [1.54, 1.807) is 0 Å². The number of furan rings is 2. The van der Waals surface area contributed by atoms with Gasteiger partial charge in [0.15, 0.2) is 0 Å². The molecule has 11 aromatic rings. The minimum absolute atomic E-state index is 0.268. The lowest BCUT2D eigenvalue weighted by Crippen LogP contribution is -2.45. The third-order valence-electron chi connectivity index (χ3n) is 11.2. The lowest BCUT2D eigenvalue weighted by molar-refractivity contribution is 0.411. The van der Waals surface area contributed by atoms with Crippen molar-refractivity contribution in [1.29, 1.82) is 0 Å². The second-order valence-corrected chi connectivity index (χ2v) is 15.4. The molecule has 2 atom stereocenters. The van der Waals surface area contributed by atoms with Crippen LogP contribution >= 0.6 is 11.3 Å². The zero-order chi connectivity index (χ0) is 36.0. The number of aliphatic imine (C=N–C) groups is 1. The highest BCUT2D eigenvalue weighted by molar-refractivity contribution is 7.26. The molecule has 2 N–H and O–H groups in total. The normalized spacial score (nSPS) is 16.2. The van der Waals surface area contributed by atoms with Crippen molar-refractivity contribution in [3.63, 3.8) is 0 Å². The monoisotopic (exact) mass is 725 g/mol. The molecule has 6 heteroatoms. The number of hydrogen-bond donors (Lipinski definition) is 2. The number of rotatable bonds is 4. The van der Waals surface area contributed by atoms with E-state index >= 15 is 0 Å². The van der Waals surface area contributed by atoms with Crippen molar-refractivity contribution in [2.24, 2.45) is 4.99 Å². The molecule has 55 heavy (non-hydrogen) atoms. The minimum atomic E-state index is -0.284. The van der Waals surface area contributed by atoms with E-state index in [4.69, 9.17) is 13.8 Å². The molecule has 12 rings (SSSR count). The number of amidine groups is 1. The minimum Gasteiger partial charge on any atom is -0.456 e. The number of para-hydroxylation sites is 1. The summed E-state index contributed by atoms with van der Waals surface area (Å²) in [5.41, 5.74) is 9.11. The summed E-state index contributed by atoms with van der Waals surface area (Å²) in [4.78, 5) is 5.29. The van der Waals surface area contributed by atoms with Gasteiger partial charge in [-0.15, -0.1) is 11.3 Å². The van der Waals surface area contributed by atoms with E-state index < -0.39 is 0 Å². The zero-order valence-corrected chi connectivity index (χ0v) is 30.2. The quantitative estimate of drug-likeness (QED) is 0.190. The second-order valence-electron chi connectivity index (χ2n) is 14.3. The Morgan fingerprint density at radius 3 is 2.20 bits per heavy atom. The van der Waals surface area contributed by atoms with Crippen LogP contribution in [0.15, 0.2) is 178 Å². The van der Waals surface area contributed by atoms with Crippen LogP contribution in [0.5, 0.6) is 0 Å². The van der Waals surface area contributed by atoms with Crippen LogP contribution in [0.1, 0.15) is 29.0 Å². The fourth-order valence-electron chi connectivity index (χ4n) is 8.54. The summed E-state index contributed by atoms with van der Waals surface area (Å²) in [5.74, 6) is 0.810. The van der Waals surface area contributed by atoms with Gasteiger partial charge >= 0.3 is 0 Å². The van der Waals surface area contributed by atoms with E-state index in [9.17, 15) is 0 Å². The van der Waals surface area contributed by atoms with Gasteiger partial charge in [-0.25, -0.2) is 4.99 Å². The van der Waals surface area contributed by atoms with Crippen LogP contribution in [0.2, 0.25) is 0 Å². The molecule has 0 saturated heterocycles. The maximum atomic E-state index is 6.83. The fourth-order valence-corrected chi connectivity index (χ4v) is 9.79.